The fraction of sp³-hybridized carbons (Fsp3) is 0.346. The standard InChI is InChI=1S/C22H22O2.C4H11N.ClH/c1-14-12-16(13-19(20(14)23)22(2,3)4)21(24)18-11-7-9-15-8-5-6-10-17(15)18;1-3-5-4-2;/h5-13,23H,1-4H3;5H,3-4H2,1-2H3;1H. The fourth-order valence-electron chi connectivity index (χ4n) is 3.31. The summed E-state index contributed by atoms with van der Waals surface area (Å²) in [5.41, 5.74) is 2.60. The van der Waals surface area contributed by atoms with Gasteiger partial charge in [-0.15, -0.1) is 12.4 Å². The average molecular weight is 428 g/mol. The predicted octanol–water partition coefficient (Wildman–Crippen LogP) is 6.42. The van der Waals surface area contributed by atoms with Crippen LogP contribution in [0.1, 0.15) is 61.7 Å². The van der Waals surface area contributed by atoms with Gasteiger partial charge in [0, 0.05) is 16.7 Å². The van der Waals surface area contributed by atoms with Crippen molar-refractivity contribution in [3.05, 3.63) is 76.9 Å². The van der Waals surface area contributed by atoms with Crippen molar-refractivity contribution in [2.24, 2.45) is 0 Å². The van der Waals surface area contributed by atoms with Crippen molar-refractivity contribution in [1.82, 2.24) is 5.32 Å². The third-order valence-electron chi connectivity index (χ3n) is 4.90. The number of carbonyl (C=O) groups is 1. The molecule has 3 rings (SSSR count). The molecule has 3 aromatic carbocycles. The van der Waals surface area contributed by atoms with Crippen LogP contribution in [0.15, 0.2) is 54.6 Å². The van der Waals surface area contributed by atoms with Gasteiger partial charge in [-0.2, -0.15) is 0 Å². The van der Waals surface area contributed by atoms with Crippen molar-refractivity contribution in [2.75, 3.05) is 13.1 Å². The van der Waals surface area contributed by atoms with Gasteiger partial charge < -0.3 is 10.4 Å². The van der Waals surface area contributed by atoms with Crippen molar-refractivity contribution in [3.8, 4) is 5.75 Å². The Morgan fingerprint density at radius 1 is 0.967 bits per heavy atom. The van der Waals surface area contributed by atoms with Crippen LogP contribution in [0.2, 0.25) is 0 Å². The molecule has 0 saturated heterocycles. The highest BCUT2D eigenvalue weighted by Gasteiger charge is 2.22. The largest absolute Gasteiger partial charge is 0.507 e. The van der Waals surface area contributed by atoms with Gasteiger partial charge in [0.05, 0.1) is 0 Å². The highest BCUT2D eigenvalue weighted by Crippen LogP contribution is 2.35. The Labute approximate surface area is 186 Å². The van der Waals surface area contributed by atoms with Crippen LogP contribution in [-0.2, 0) is 5.41 Å². The second kappa shape index (κ2) is 11.1. The van der Waals surface area contributed by atoms with Crippen LogP contribution in [0.25, 0.3) is 10.8 Å². The summed E-state index contributed by atoms with van der Waals surface area (Å²) in [6.45, 7) is 14.3. The number of phenolic OH excluding ortho intramolecular Hbond substituents is 1. The van der Waals surface area contributed by atoms with Crippen LogP contribution < -0.4 is 5.32 Å². The zero-order valence-corrected chi connectivity index (χ0v) is 19.7. The Morgan fingerprint density at radius 2 is 1.57 bits per heavy atom. The van der Waals surface area contributed by atoms with E-state index in [4.69, 9.17) is 0 Å². The zero-order chi connectivity index (χ0) is 21.6. The minimum atomic E-state index is -0.232. The van der Waals surface area contributed by atoms with Crippen LogP contribution in [-0.4, -0.2) is 24.0 Å². The smallest absolute Gasteiger partial charge is 0.193 e. The molecule has 0 aliphatic carbocycles. The molecular formula is C26H34ClNO2. The number of hydrogen-bond donors (Lipinski definition) is 2. The third kappa shape index (κ3) is 6.07. The van der Waals surface area contributed by atoms with Gasteiger partial charge in [0.15, 0.2) is 5.78 Å². The highest BCUT2D eigenvalue weighted by molar-refractivity contribution is 6.16. The van der Waals surface area contributed by atoms with E-state index in [0.717, 1.165) is 35.0 Å². The number of ketones is 1. The van der Waals surface area contributed by atoms with Crippen molar-refractivity contribution in [2.45, 2.75) is 47.0 Å². The van der Waals surface area contributed by atoms with Gasteiger partial charge >= 0.3 is 0 Å². The quantitative estimate of drug-likeness (QED) is 0.472. The van der Waals surface area contributed by atoms with E-state index < -0.39 is 0 Å². The Hall–Kier alpha value is -2.36. The molecule has 0 bridgehead atoms. The van der Waals surface area contributed by atoms with E-state index in [0.29, 0.717) is 11.1 Å². The maximum absolute atomic E-state index is 13.1. The third-order valence-corrected chi connectivity index (χ3v) is 4.90. The van der Waals surface area contributed by atoms with E-state index >= 15 is 0 Å². The highest BCUT2D eigenvalue weighted by atomic mass is 35.5. The number of aryl methyl sites for hydroxylation is 1. The van der Waals surface area contributed by atoms with Gasteiger partial charge in [0.25, 0.3) is 0 Å². The van der Waals surface area contributed by atoms with Crippen molar-refractivity contribution >= 4 is 29.0 Å². The number of aromatic hydroxyl groups is 1. The van der Waals surface area contributed by atoms with E-state index in [9.17, 15) is 9.90 Å². The molecule has 0 aromatic heterocycles. The molecular weight excluding hydrogens is 394 g/mol. The first kappa shape index (κ1) is 25.7. The van der Waals surface area contributed by atoms with Crippen LogP contribution in [0.3, 0.4) is 0 Å². The summed E-state index contributed by atoms with van der Waals surface area (Å²) in [7, 11) is 0. The second-order valence-electron chi connectivity index (χ2n) is 8.25. The average Bonchev–Trinajstić information content (AvgIpc) is 2.69. The zero-order valence-electron chi connectivity index (χ0n) is 18.9. The van der Waals surface area contributed by atoms with Gasteiger partial charge in [0.2, 0.25) is 0 Å². The molecule has 162 valence electrons. The minimum Gasteiger partial charge on any atom is -0.507 e. The molecule has 0 fully saturated rings. The number of fused-ring (bicyclic) bond motifs is 1. The number of benzene rings is 3. The molecule has 0 amide bonds. The normalized spacial score (nSPS) is 10.7. The van der Waals surface area contributed by atoms with E-state index in [1.165, 1.54) is 0 Å². The van der Waals surface area contributed by atoms with Gasteiger partial charge in [-0.05, 0) is 53.9 Å². The van der Waals surface area contributed by atoms with Gasteiger partial charge in [-0.3, -0.25) is 4.79 Å². The molecule has 3 aromatic rings. The van der Waals surface area contributed by atoms with Crippen molar-refractivity contribution in [1.29, 1.82) is 0 Å². The van der Waals surface area contributed by atoms with Crippen LogP contribution in [0.4, 0.5) is 0 Å². The number of nitrogens with one attached hydrogen (secondary N) is 1. The first-order chi connectivity index (χ1) is 13.7. The molecule has 0 aliphatic rings. The number of carbonyl (C=O) groups excluding carboxylic acids is 1. The molecule has 0 aliphatic heterocycles. The molecule has 4 heteroatoms. The lowest BCUT2D eigenvalue weighted by Gasteiger charge is -2.22. The van der Waals surface area contributed by atoms with Crippen LogP contribution in [0, 0.1) is 6.92 Å². The SMILES string of the molecule is CCNCC.Cc1cc(C(=O)c2cccc3ccccc23)cc(C(C)(C)C)c1O.Cl. The lowest BCUT2D eigenvalue weighted by molar-refractivity contribution is 0.104. The van der Waals surface area contributed by atoms with Gasteiger partial charge in [-0.25, -0.2) is 0 Å². The number of rotatable bonds is 4. The van der Waals surface area contributed by atoms with Crippen molar-refractivity contribution < 1.29 is 9.90 Å². The van der Waals surface area contributed by atoms with Crippen LogP contribution >= 0.6 is 12.4 Å². The van der Waals surface area contributed by atoms with Gasteiger partial charge in [-0.1, -0.05) is 77.1 Å². The first-order valence-corrected chi connectivity index (χ1v) is 10.3. The molecule has 0 unspecified atom stereocenters. The maximum Gasteiger partial charge on any atom is 0.193 e. The Balaban J connectivity index is 0.000000674. The Morgan fingerprint density at radius 3 is 2.13 bits per heavy atom. The van der Waals surface area contributed by atoms with E-state index in [2.05, 4.69) is 19.2 Å². The number of halogens is 1. The van der Waals surface area contributed by atoms with E-state index in [1.807, 2.05) is 76.2 Å². The maximum atomic E-state index is 13.1. The number of hydrogen-bond acceptors (Lipinski definition) is 3. The number of phenols is 1. The predicted molar refractivity (Wildman–Crippen MR) is 130 cm³/mol. The summed E-state index contributed by atoms with van der Waals surface area (Å²) < 4.78 is 0. The fourth-order valence-corrected chi connectivity index (χ4v) is 3.31. The summed E-state index contributed by atoms with van der Waals surface area (Å²) in [6.07, 6.45) is 0. The summed E-state index contributed by atoms with van der Waals surface area (Å²) >= 11 is 0. The molecule has 0 saturated carbocycles. The van der Waals surface area contributed by atoms with Gasteiger partial charge in [0.1, 0.15) is 5.75 Å². The summed E-state index contributed by atoms with van der Waals surface area (Å²) in [6, 6.07) is 17.3. The molecule has 0 radical (unpaired) electrons. The lowest BCUT2D eigenvalue weighted by Crippen LogP contribution is -2.14. The summed E-state index contributed by atoms with van der Waals surface area (Å²) in [5, 5.41) is 15.5. The van der Waals surface area contributed by atoms with E-state index in [-0.39, 0.29) is 29.4 Å². The minimum absolute atomic E-state index is 0. The molecule has 0 heterocycles. The topological polar surface area (TPSA) is 49.3 Å². The first-order valence-electron chi connectivity index (χ1n) is 10.3. The Bertz CT molecular complexity index is 983. The molecule has 0 spiro atoms. The molecule has 3 nitrogen and oxygen atoms in total. The lowest BCUT2D eigenvalue weighted by atomic mass is 9.83. The molecule has 0 atom stereocenters. The van der Waals surface area contributed by atoms with Crippen LogP contribution in [0.5, 0.6) is 5.75 Å². The Kier molecular flexibility index (Phi) is 9.54. The summed E-state index contributed by atoms with van der Waals surface area (Å²) in [4.78, 5) is 13.1. The molecule has 30 heavy (non-hydrogen) atoms. The van der Waals surface area contributed by atoms with Crippen molar-refractivity contribution in [3.63, 3.8) is 0 Å². The summed E-state index contributed by atoms with van der Waals surface area (Å²) in [5.74, 6) is 0.261. The second-order valence-corrected chi connectivity index (χ2v) is 8.25. The molecule has 2 N–H and O–H groups in total. The monoisotopic (exact) mass is 427 g/mol. The van der Waals surface area contributed by atoms with E-state index in [1.54, 1.807) is 6.07 Å².